The summed E-state index contributed by atoms with van der Waals surface area (Å²) in [5.74, 6) is 2.80. The summed E-state index contributed by atoms with van der Waals surface area (Å²) in [4.78, 5) is 12.6. The van der Waals surface area contributed by atoms with Crippen molar-refractivity contribution in [2.24, 2.45) is 0 Å². The summed E-state index contributed by atoms with van der Waals surface area (Å²) in [6, 6.07) is 20.4. The van der Waals surface area contributed by atoms with E-state index in [-0.39, 0.29) is 12.6 Å². The average Bonchev–Trinajstić information content (AvgIpc) is 3.31. The molecule has 0 spiro atoms. The molecule has 0 bridgehead atoms. The van der Waals surface area contributed by atoms with Crippen LogP contribution < -0.4 is 20.1 Å². The Labute approximate surface area is 225 Å². The standard InChI is InChI=1S/C27H28ClN5O3S/c1-4-36-22-12-10-21(11-13-22)30-26(34)29-16-25-31-32-27(33(25)24-15-20(28)9-8-18(24)2)37-17-19-6-5-7-23(14-19)35-3/h5-15H,4,16-17H2,1-3H3,(H2,29,30,34). The lowest BCUT2D eigenvalue weighted by molar-refractivity contribution is 0.251. The monoisotopic (exact) mass is 537 g/mol. The lowest BCUT2D eigenvalue weighted by atomic mass is 10.2. The molecule has 0 aliphatic heterocycles. The van der Waals surface area contributed by atoms with E-state index in [1.807, 2.05) is 73.0 Å². The molecule has 4 rings (SSSR count). The van der Waals surface area contributed by atoms with Crippen molar-refractivity contribution in [2.45, 2.75) is 31.3 Å². The molecule has 0 saturated carbocycles. The summed E-state index contributed by atoms with van der Waals surface area (Å²) in [6.45, 7) is 4.67. The number of nitrogens with one attached hydrogen (secondary N) is 2. The van der Waals surface area contributed by atoms with E-state index in [2.05, 4.69) is 20.8 Å². The van der Waals surface area contributed by atoms with Gasteiger partial charge in [0.2, 0.25) is 0 Å². The molecule has 8 nitrogen and oxygen atoms in total. The van der Waals surface area contributed by atoms with Gasteiger partial charge in [-0.25, -0.2) is 4.79 Å². The molecule has 4 aromatic rings. The predicted molar refractivity (Wildman–Crippen MR) is 147 cm³/mol. The Morgan fingerprint density at radius 2 is 1.86 bits per heavy atom. The van der Waals surface area contributed by atoms with Crippen LogP contribution in [0.4, 0.5) is 10.5 Å². The van der Waals surface area contributed by atoms with E-state index in [1.165, 1.54) is 0 Å². The fraction of sp³-hybridized carbons (Fsp3) is 0.222. The minimum Gasteiger partial charge on any atom is -0.497 e. The largest absolute Gasteiger partial charge is 0.497 e. The summed E-state index contributed by atoms with van der Waals surface area (Å²) in [5.41, 5.74) is 3.61. The van der Waals surface area contributed by atoms with Crippen LogP contribution in [0, 0.1) is 6.92 Å². The number of carbonyl (C=O) groups is 1. The Hall–Kier alpha value is -3.69. The van der Waals surface area contributed by atoms with Crippen molar-refractivity contribution in [3.63, 3.8) is 0 Å². The number of hydrogen-bond donors (Lipinski definition) is 2. The Bertz CT molecular complexity index is 1360. The zero-order chi connectivity index (χ0) is 26.2. The molecule has 0 atom stereocenters. The number of ether oxygens (including phenoxy) is 2. The number of aromatic nitrogens is 3. The van der Waals surface area contributed by atoms with E-state index in [4.69, 9.17) is 21.1 Å². The third-order valence-corrected chi connectivity index (χ3v) is 6.68. The Kier molecular flexibility index (Phi) is 8.92. The van der Waals surface area contributed by atoms with Crippen LogP contribution in [0.2, 0.25) is 5.02 Å². The highest BCUT2D eigenvalue weighted by Gasteiger charge is 2.18. The molecule has 0 unspecified atom stereocenters. The van der Waals surface area contributed by atoms with Crippen LogP contribution in [0.25, 0.3) is 5.69 Å². The normalized spacial score (nSPS) is 10.7. The number of halogens is 1. The van der Waals surface area contributed by atoms with Crippen LogP contribution in [0.1, 0.15) is 23.9 Å². The number of nitrogens with zero attached hydrogens (tertiary/aromatic N) is 3. The Morgan fingerprint density at radius 3 is 2.62 bits per heavy atom. The van der Waals surface area contributed by atoms with Gasteiger partial charge in [0.25, 0.3) is 0 Å². The summed E-state index contributed by atoms with van der Waals surface area (Å²) >= 11 is 7.87. The van der Waals surface area contributed by atoms with E-state index < -0.39 is 0 Å². The first-order valence-electron chi connectivity index (χ1n) is 11.7. The molecule has 0 saturated heterocycles. The smallest absolute Gasteiger partial charge is 0.319 e. The van der Waals surface area contributed by atoms with Gasteiger partial charge in [-0.05, 0) is 73.5 Å². The van der Waals surface area contributed by atoms with Crippen LogP contribution in [-0.2, 0) is 12.3 Å². The minimum absolute atomic E-state index is 0.168. The summed E-state index contributed by atoms with van der Waals surface area (Å²) in [5, 5.41) is 15.8. The molecule has 0 aliphatic carbocycles. The number of benzene rings is 3. The van der Waals surface area contributed by atoms with E-state index in [0.29, 0.717) is 34.1 Å². The number of carbonyl (C=O) groups excluding carboxylic acids is 1. The van der Waals surface area contributed by atoms with Gasteiger partial charge < -0.3 is 20.1 Å². The molecule has 3 aromatic carbocycles. The van der Waals surface area contributed by atoms with Crippen molar-refractivity contribution < 1.29 is 14.3 Å². The zero-order valence-corrected chi connectivity index (χ0v) is 22.4. The molecule has 37 heavy (non-hydrogen) atoms. The maximum atomic E-state index is 12.6. The molecule has 192 valence electrons. The summed E-state index contributed by atoms with van der Waals surface area (Å²) < 4.78 is 12.7. The molecular weight excluding hydrogens is 510 g/mol. The van der Waals surface area contributed by atoms with Gasteiger partial charge in [0, 0.05) is 16.5 Å². The van der Waals surface area contributed by atoms with Crippen LogP contribution in [0.3, 0.4) is 0 Å². The molecule has 2 amide bonds. The van der Waals surface area contributed by atoms with Gasteiger partial charge in [-0.1, -0.05) is 41.6 Å². The van der Waals surface area contributed by atoms with Gasteiger partial charge in [-0.15, -0.1) is 10.2 Å². The SMILES string of the molecule is CCOc1ccc(NC(=O)NCc2nnc(SCc3cccc(OC)c3)n2-c2cc(Cl)ccc2C)cc1. The average molecular weight is 538 g/mol. The molecule has 0 radical (unpaired) electrons. The maximum Gasteiger partial charge on any atom is 0.319 e. The van der Waals surface area contributed by atoms with Gasteiger partial charge in [-0.3, -0.25) is 4.57 Å². The van der Waals surface area contributed by atoms with Crippen molar-refractivity contribution in [2.75, 3.05) is 19.0 Å². The summed E-state index contributed by atoms with van der Waals surface area (Å²) in [7, 11) is 1.65. The second-order valence-electron chi connectivity index (χ2n) is 8.07. The van der Waals surface area contributed by atoms with Gasteiger partial charge >= 0.3 is 6.03 Å². The third kappa shape index (κ3) is 6.96. The lowest BCUT2D eigenvalue weighted by Gasteiger charge is -2.14. The highest BCUT2D eigenvalue weighted by molar-refractivity contribution is 7.98. The number of rotatable bonds is 10. The Balaban J connectivity index is 1.51. The third-order valence-electron chi connectivity index (χ3n) is 5.44. The highest BCUT2D eigenvalue weighted by Crippen LogP contribution is 2.29. The molecule has 1 aromatic heterocycles. The number of hydrogen-bond acceptors (Lipinski definition) is 6. The molecular formula is C27H28ClN5O3S. The van der Waals surface area contributed by atoms with Crippen molar-refractivity contribution >= 4 is 35.1 Å². The van der Waals surface area contributed by atoms with Crippen molar-refractivity contribution in [1.82, 2.24) is 20.1 Å². The van der Waals surface area contributed by atoms with Crippen molar-refractivity contribution in [3.8, 4) is 17.2 Å². The quantitative estimate of drug-likeness (QED) is 0.232. The van der Waals surface area contributed by atoms with Crippen molar-refractivity contribution in [3.05, 3.63) is 88.7 Å². The van der Waals surface area contributed by atoms with Gasteiger partial charge in [0.15, 0.2) is 11.0 Å². The molecule has 1 heterocycles. The highest BCUT2D eigenvalue weighted by atomic mass is 35.5. The number of urea groups is 1. The first kappa shape index (κ1) is 26.4. The zero-order valence-electron chi connectivity index (χ0n) is 20.8. The molecule has 0 fully saturated rings. The van der Waals surface area contributed by atoms with E-state index >= 15 is 0 Å². The Morgan fingerprint density at radius 1 is 1.05 bits per heavy atom. The van der Waals surface area contributed by atoms with Crippen molar-refractivity contribution in [1.29, 1.82) is 0 Å². The second-order valence-corrected chi connectivity index (χ2v) is 9.45. The van der Waals surface area contributed by atoms with E-state index in [0.717, 1.165) is 28.3 Å². The fourth-order valence-electron chi connectivity index (χ4n) is 3.62. The first-order chi connectivity index (χ1) is 18.0. The summed E-state index contributed by atoms with van der Waals surface area (Å²) in [6.07, 6.45) is 0. The van der Waals surface area contributed by atoms with Crippen LogP contribution in [0.5, 0.6) is 11.5 Å². The fourth-order valence-corrected chi connectivity index (χ4v) is 4.69. The van der Waals surface area contributed by atoms with Crippen LogP contribution >= 0.6 is 23.4 Å². The van der Waals surface area contributed by atoms with Gasteiger partial charge in [0.05, 0.1) is 25.9 Å². The number of amides is 2. The van der Waals surface area contributed by atoms with Gasteiger partial charge in [0.1, 0.15) is 11.5 Å². The topological polar surface area (TPSA) is 90.3 Å². The number of anilines is 1. The number of aryl methyl sites for hydroxylation is 1. The second kappa shape index (κ2) is 12.5. The number of thioether (sulfide) groups is 1. The van der Waals surface area contributed by atoms with Gasteiger partial charge in [-0.2, -0.15) is 0 Å². The van der Waals surface area contributed by atoms with E-state index in [9.17, 15) is 4.79 Å². The maximum absolute atomic E-state index is 12.6. The van der Waals surface area contributed by atoms with E-state index in [1.54, 1.807) is 31.0 Å². The lowest BCUT2D eigenvalue weighted by Crippen LogP contribution is -2.29. The molecule has 0 aliphatic rings. The minimum atomic E-state index is -0.355. The molecule has 10 heteroatoms. The molecule has 2 N–H and O–H groups in total. The number of methoxy groups -OCH3 is 1. The first-order valence-corrected chi connectivity index (χ1v) is 13.1. The van der Waals surface area contributed by atoms with Crippen LogP contribution in [0.15, 0.2) is 71.9 Å². The van der Waals surface area contributed by atoms with Crippen LogP contribution in [-0.4, -0.2) is 34.5 Å². The predicted octanol–water partition coefficient (Wildman–Crippen LogP) is 6.25.